The number of aromatic nitrogens is 6. The number of thiazole rings is 1. The van der Waals surface area contributed by atoms with Gasteiger partial charge in [-0.15, -0.1) is 11.3 Å². The molecule has 39 heavy (non-hydrogen) atoms. The zero-order valence-corrected chi connectivity index (χ0v) is 22.6. The molecule has 11 heteroatoms. The second kappa shape index (κ2) is 9.28. The molecule has 2 aliphatic rings. The molecule has 5 aromatic rings. The van der Waals surface area contributed by atoms with E-state index in [-0.39, 0.29) is 5.82 Å². The number of nitrogens with one attached hydrogen (secondary N) is 1. The van der Waals surface area contributed by atoms with Crippen LogP contribution < -0.4 is 10.2 Å². The van der Waals surface area contributed by atoms with Crippen LogP contribution in [0.2, 0.25) is 0 Å². The minimum atomic E-state index is -0.354. The highest BCUT2D eigenvalue weighted by molar-refractivity contribution is 7.21. The molecule has 0 spiro atoms. The average molecular weight is 540 g/mol. The predicted molar refractivity (Wildman–Crippen MR) is 151 cm³/mol. The molecule has 2 fully saturated rings. The SMILES string of the molecule is Cc1cc(Nc2cc3nc(-c4cncc(-c5ncc(F)cc5C)c4)sc3cn2)nc(N2C[C@@H]3C[C@H]2CN3C)n1. The zero-order valence-electron chi connectivity index (χ0n) is 21.8. The lowest BCUT2D eigenvalue weighted by molar-refractivity contribution is 0.291. The van der Waals surface area contributed by atoms with Gasteiger partial charge in [-0.05, 0) is 45.0 Å². The second-order valence-electron chi connectivity index (χ2n) is 10.3. The number of pyridine rings is 3. The highest BCUT2D eigenvalue weighted by atomic mass is 32.1. The fourth-order valence-electron chi connectivity index (χ4n) is 5.54. The lowest BCUT2D eigenvalue weighted by atomic mass is 10.1. The molecule has 7 rings (SSSR count). The van der Waals surface area contributed by atoms with Gasteiger partial charge in [0.2, 0.25) is 5.95 Å². The Hall–Kier alpha value is -4.09. The van der Waals surface area contributed by atoms with Gasteiger partial charge < -0.3 is 10.2 Å². The molecule has 2 atom stereocenters. The van der Waals surface area contributed by atoms with E-state index in [1.807, 2.05) is 38.2 Å². The molecule has 5 aromatic heterocycles. The minimum absolute atomic E-state index is 0.354. The van der Waals surface area contributed by atoms with Crippen molar-refractivity contribution in [2.45, 2.75) is 32.4 Å². The van der Waals surface area contributed by atoms with Crippen LogP contribution in [0, 0.1) is 19.7 Å². The van der Waals surface area contributed by atoms with Crippen LogP contribution in [-0.2, 0) is 0 Å². The van der Waals surface area contributed by atoms with E-state index in [0.717, 1.165) is 62.5 Å². The monoisotopic (exact) mass is 539 g/mol. The van der Waals surface area contributed by atoms with Gasteiger partial charge in [0, 0.05) is 72.7 Å². The van der Waals surface area contributed by atoms with E-state index in [1.165, 1.54) is 18.7 Å². The summed E-state index contributed by atoms with van der Waals surface area (Å²) in [6.07, 6.45) is 7.73. The van der Waals surface area contributed by atoms with E-state index in [0.29, 0.717) is 23.6 Å². The number of aryl methyl sites for hydroxylation is 2. The van der Waals surface area contributed by atoms with Crippen LogP contribution in [0.3, 0.4) is 0 Å². The Morgan fingerprint density at radius 1 is 0.897 bits per heavy atom. The molecule has 0 amide bonds. The molecule has 196 valence electrons. The second-order valence-corrected chi connectivity index (χ2v) is 11.3. The zero-order chi connectivity index (χ0) is 26.7. The number of piperazine rings is 1. The van der Waals surface area contributed by atoms with Gasteiger partial charge in [-0.1, -0.05) is 0 Å². The number of likely N-dealkylation sites (N-methyl/N-ethyl adjacent to an activating group) is 1. The van der Waals surface area contributed by atoms with Crippen LogP contribution in [0.5, 0.6) is 0 Å². The van der Waals surface area contributed by atoms with Crippen LogP contribution >= 0.6 is 11.3 Å². The first kappa shape index (κ1) is 24.0. The van der Waals surface area contributed by atoms with Crippen molar-refractivity contribution in [3.8, 4) is 21.8 Å². The maximum atomic E-state index is 13.5. The molecule has 1 N–H and O–H groups in total. The largest absolute Gasteiger partial charge is 0.335 e. The lowest BCUT2D eigenvalue weighted by Crippen LogP contribution is -2.45. The first-order valence-corrected chi connectivity index (χ1v) is 13.7. The first-order valence-electron chi connectivity index (χ1n) is 12.8. The Kier molecular flexibility index (Phi) is 5.71. The summed E-state index contributed by atoms with van der Waals surface area (Å²) in [6, 6.07) is 8.37. The summed E-state index contributed by atoms with van der Waals surface area (Å²) in [6.45, 7) is 5.84. The lowest BCUT2D eigenvalue weighted by Gasteiger charge is -2.32. The van der Waals surface area contributed by atoms with Crippen LogP contribution in [-0.4, -0.2) is 67.0 Å². The Morgan fingerprint density at radius 3 is 2.56 bits per heavy atom. The maximum absolute atomic E-state index is 13.5. The topological polar surface area (TPSA) is 95.8 Å². The van der Waals surface area contributed by atoms with Crippen molar-refractivity contribution in [3.05, 3.63) is 66.1 Å². The molecule has 0 aromatic carbocycles. The van der Waals surface area contributed by atoms with Crippen molar-refractivity contribution >= 4 is 39.1 Å². The predicted octanol–water partition coefficient (Wildman–Crippen LogP) is 5.00. The van der Waals surface area contributed by atoms with Gasteiger partial charge in [-0.2, -0.15) is 4.98 Å². The van der Waals surface area contributed by atoms with Gasteiger partial charge in [0.15, 0.2) is 0 Å². The van der Waals surface area contributed by atoms with Crippen molar-refractivity contribution in [1.29, 1.82) is 0 Å². The van der Waals surface area contributed by atoms with Gasteiger partial charge in [-0.3, -0.25) is 14.9 Å². The number of hydrogen-bond donors (Lipinski definition) is 1. The van der Waals surface area contributed by atoms with Crippen molar-refractivity contribution in [1.82, 2.24) is 34.8 Å². The summed E-state index contributed by atoms with van der Waals surface area (Å²) >= 11 is 1.55. The Labute approximate surface area is 228 Å². The summed E-state index contributed by atoms with van der Waals surface area (Å²) in [5.74, 6) is 1.81. The van der Waals surface area contributed by atoms with Gasteiger partial charge in [0.05, 0.1) is 22.1 Å². The average Bonchev–Trinajstić information content (AvgIpc) is 3.62. The highest BCUT2D eigenvalue weighted by Crippen LogP contribution is 2.34. The van der Waals surface area contributed by atoms with E-state index < -0.39 is 0 Å². The molecule has 0 radical (unpaired) electrons. The smallest absolute Gasteiger partial charge is 0.227 e. The number of nitrogens with zero attached hydrogens (tertiary/aromatic N) is 8. The van der Waals surface area contributed by atoms with Crippen LogP contribution in [0.1, 0.15) is 17.7 Å². The first-order chi connectivity index (χ1) is 18.9. The van der Waals surface area contributed by atoms with Gasteiger partial charge >= 0.3 is 0 Å². The van der Waals surface area contributed by atoms with E-state index in [9.17, 15) is 4.39 Å². The third-order valence-electron chi connectivity index (χ3n) is 7.45. The molecular weight excluding hydrogens is 513 g/mol. The summed E-state index contributed by atoms with van der Waals surface area (Å²) in [5, 5.41) is 4.18. The van der Waals surface area contributed by atoms with Gasteiger partial charge in [0.1, 0.15) is 22.5 Å². The Morgan fingerprint density at radius 2 is 1.77 bits per heavy atom. The third-order valence-corrected chi connectivity index (χ3v) is 8.50. The molecule has 0 aliphatic carbocycles. The van der Waals surface area contributed by atoms with E-state index in [4.69, 9.17) is 15.0 Å². The molecule has 9 nitrogen and oxygen atoms in total. The van der Waals surface area contributed by atoms with Crippen LogP contribution in [0.15, 0.2) is 49.1 Å². The normalized spacial score (nSPS) is 18.8. The maximum Gasteiger partial charge on any atom is 0.227 e. The van der Waals surface area contributed by atoms with E-state index in [1.54, 1.807) is 23.7 Å². The highest BCUT2D eigenvalue weighted by Gasteiger charge is 2.42. The number of fused-ring (bicyclic) bond motifs is 3. The van der Waals surface area contributed by atoms with E-state index in [2.05, 4.69) is 37.1 Å². The molecule has 0 unspecified atom stereocenters. The standard InChI is InChI=1S/C28H26FN9S/c1-15-4-19(29)11-32-26(15)17-6-18(10-30-9-17)27-34-22-8-24(31-12-23(22)39-27)35-25-5-16(2)33-28(36-25)38-14-20-7-21(38)13-37(20)3/h4-6,8-12,20-21H,7,13-14H2,1-3H3,(H,31,33,35,36)/t20-,21-/m0/s1. The number of hydrogen-bond acceptors (Lipinski definition) is 10. The van der Waals surface area contributed by atoms with E-state index >= 15 is 0 Å². The van der Waals surface area contributed by atoms with Crippen molar-refractivity contribution in [2.24, 2.45) is 0 Å². The number of halogens is 1. The number of likely N-dealkylation sites (tertiary alicyclic amines) is 1. The fourth-order valence-corrected chi connectivity index (χ4v) is 6.44. The Balaban J connectivity index is 1.15. The number of anilines is 3. The van der Waals surface area contributed by atoms with Crippen molar-refractivity contribution in [2.75, 3.05) is 30.4 Å². The summed E-state index contributed by atoms with van der Waals surface area (Å²) in [7, 11) is 2.19. The summed E-state index contributed by atoms with van der Waals surface area (Å²) in [5.41, 5.74) is 4.89. The fraction of sp³-hybridized carbons (Fsp3) is 0.286. The van der Waals surface area contributed by atoms with Gasteiger partial charge in [-0.25, -0.2) is 19.3 Å². The third kappa shape index (κ3) is 4.47. The molecule has 2 bridgehead atoms. The molecule has 2 aliphatic heterocycles. The summed E-state index contributed by atoms with van der Waals surface area (Å²) in [4.78, 5) is 32.4. The van der Waals surface area contributed by atoms with Crippen LogP contribution in [0.25, 0.3) is 32.0 Å². The van der Waals surface area contributed by atoms with Crippen LogP contribution in [0.4, 0.5) is 22.0 Å². The molecular formula is C28H26FN9S. The quantitative estimate of drug-likeness (QED) is 0.331. The molecule has 0 saturated carbocycles. The number of rotatable bonds is 5. The summed E-state index contributed by atoms with van der Waals surface area (Å²) < 4.78 is 14.5. The molecule has 2 saturated heterocycles. The molecule has 7 heterocycles. The van der Waals surface area contributed by atoms with Crippen molar-refractivity contribution in [3.63, 3.8) is 0 Å². The minimum Gasteiger partial charge on any atom is -0.335 e. The van der Waals surface area contributed by atoms with Gasteiger partial charge in [0.25, 0.3) is 0 Å². The van der Waals surface area contributed by atoms with Crippen molar-refractivity contribution < 1.29 is 4.39 Å². The Bertz CT molecular complexity index is 1720.